The average Bonchev–Trinajstić information content (AvgIpc) is 2.62. The van der Waals surface area contributed by atoms with Gasteiger partial charge in [0.25, 0.3) is 0 Å². The molecule has 1 heterocycles. The molecule has 0 unspecified atom stereocenters. The number of hydrogen-bond donors (Lipinski definition) is 3. The maximum atomic E-state index is 11.0. The van der Waals surface area contributed by atoms with Gasteiger partial charge in [-0.25, -0.2) is 0 Å². The summed E-state index contributed by atoms with van der Waals surface area (Å²) in [6.07, 6.45) is 6.18. The SMILES string of the molecule is C=C/C=C(N[O-])\C(=C/N[O-])NC1CCN(Cc2ccccc2)CC1. The summed E-state index contributed by atoms with van der Waals surface area (Å²) in [5.74, 6) is 0. The summed E-state index contributed by atoms with van der Waals surface area (Å²) in [6.45, 7) is 6.46. The normalized spacial score (nSPS) is 17.4. The van der Waals surface area contributed by atoms with Gasteiger partial charge in [-0.2, -0.15) is 0 Å². The van der Waals surface area contributed by atoms with Crippen molar-refractivity contribution in [2.24, 2.45) is 0 Å². The second-order valence-electron chi connectivity index (χ2n) is 5.77. The third-order valence-corrected chi connectivity index (χ3v) is 4.08. The van der Waals surface area contributed by atoms with E-state index in [1.807, 2.05) is 11.5 Å². The molecule has 1 aliphatic rings. The predicted octanol–water partition coefficient (Wildman–Crippen LogP) is 2.33. The monoisotopic (exact) mass is 328 g/mol. The molecule has 0 saturated carbocycles. The lowest BCUT2D eigenvalue weighted by Gasteiger charge is -2.34. The molecule has 1 aromatic rings. The average molecular weight is 328 g/mol. The van der Waals surface area contributed by atoms with Gasteiger partial charge < -0.3 is 26.7 Å². The van der Waals surface area contributed by atoms with Crippen LogP contribution in [0.4, 0.5) is 0 Å². The van der Waals surface area contributed by atoms with E-state index in [0.29, 0.717) is 11.4 Å². The van der Waals surface area contributed by atoms with Crippen LogP contribution in [0.5, 0.6) is 0 Å². The number of nitrogens with one attached hydrogen (secondary N) is 3. The van der Waals surface area contributed by atoms with Crippen molar-refractivity contribution >= 4 is 0 Å². The summed E-state index contributed by atoms with van der Waals surface area (Å²) in [4.78, 5) is 2.41. The Morgan fingerprint density at radius 1 is 1.17 bits per heavy atom. The summed E-state index contributed by atoms with van der Waals surface area (Å²) >= 11 is 0. The second kappa shape index (κ2) is 9.77. The van der Waals surface area contributed by atoms with Gasteiger partial charge in [0.05, 0.1) is 5.70 Å². The highest BCUT2D eigenvalue weighted by Gasteiger charge is 2.20. The zero-order valence-corrected chi connectivity index (χ0v) is 13.7. The van der Waals surface area contributed by atoms with Crippen LogP contribution in [0.1, 0.15) is 18.4 Å². The van der Waals surface area contributed by atoms with E-state index in [1.165, 1.54) is 23.9 Å². The zero-order chi connectivity index (χ0) is 17.2. The van der Waals surface area contributed by atoms with Crippen LogP contribution in [-0.4, -0.2) is 24.0 Å². The minimum atomic E-state index is 0.221. The minimum absolute atomic E-state index is 0.221. The maximum absolute atomic E-state index is 11.0. The summed E-state index contributed by atoms with van der Waals surface area (Å²) in [5, 5.41) is 25.0. The lowest BCUT2D eigenvalue weighted by molar-refractivity contribution is 0.195. The van der Waals surface area contributed by atoms with Gasteiger partial charge in [-0.1, -0.05) is 43.0 Å². The Hall–Kier alpha value is -2.28. The van der Waals surface area contributed by atoms with E-state index in [-0.39, 0.29) is 6.04 Å². The third kappa shape index (κ3) is 5.42. The van der Waals surface area contributed by atoms with Crippen LogP contribution in [0.15, 0.2) is 66.7 Å². The van der Waals surface area contributed by atoms with E-state index in [2.05, 4.69) is 41.1 Å². The van der Waals surface area contributed by atoms with E-state index >= 15 is 0 Å². The molecule has 0 radical (unpaired) electrons. The highest BCUT2D eigenvalue weighted by Crippen LogP contribution is 2.16. The topological polar surface area (TPSA) is 85.4 Å². The van der Waals surface area contributed by atoms with Gasteiger partial charge in [0.1, 0.15) is 0 Å². The van der Waals surface area contributed by atoms with Gasteiger partial charge >= 0.3 is 0 Å². The molecule has 0 atom stereocenters. The van der Waals surface area contributed by atoms with E-state index in [4.69, 9.17) is 0 Å². The zero-order valence-electron chi connectivity index (χ0n) is 13.7. The molecule has 1 aliphatic heterocycles. The van der Waals surface area contributed by atoms with Crippen LogP contribution < -0.4 is 16.3 Å². The van der Waals surface area contributed by atoms with Crippen LogP contribution in [0.25, 0.3) is 0 Å². The van der Waals surface area contributed by atoms with Crippen molar-refractivity contribution in [2.45, 2.75) is 25.4 Å². The molecular weight excluding hydrogens is 304 g/mol. The molecule has 0 bridgehead atoms. The molecule has 24 heavy (non-hydrogen) atoms. The van der Waals surface area contributed by atoms with Crippen molar-refractivity contribution < 1.29 is 0 Å². The molecular formula is C18H24N4O2-2. The van der Waals surface area contributed by atoms with Gasteiger partial charge in [-0.15, -0.1) is 0 Å². The first kappa shape index (κ1) is 18.1. The summed E-state index contributed by atoms with van der Waals surface area (Å²) in [7, 11) is 0. The Balaban J connectivity index is 1.88. The highest BCUT2D eigenvalue weighted by atomic mass is 16.5. The molecule has 0 spiro atoms. The minimum Gasteiger partial charge on any atom is -0.761 e. The number of nitrogens with zero attached hydrogens (tertiary/aromatic N) is 1. The molecule has 1 fully saturated rings. The molecule has 0 aromatic heterocycles. The lowest BCUT2D eigenvalue weighted by atomic mass is 10.0. The predicted molar refractivity (Wildman–Crippen MR) is 97.2 cm³/mol. The lowest BCUT2D eigenvalue weighted by Crippen LogP contribution is -2.42. The number of likely N-dealkylation sites (tertiary alicyclic amines) is 1. The molecule has 130 valence electrons. The van der Waals surface area contributed by atoms with E-state index in [9.17, 15) is 10.4 Å². The highest BCUT2D eigenvalue weighted by molar-refractivity contribution is 5.31. The molecule has 0 aliphatic carbocycles. The Labute approximate surface area is 143 Å². The Morgan fingerprint density at radius 2 is 1.88 bits per heavy atom. The Morgan fingerprint density at radius 3 is 2.46 bits per heavy atom. The summed E-state index contributed by atoms with van der Waals surface area (Å²) in [5.41, 5.74) is 5.63. The van der Waals surface area contributed by atoms with Crippen LogP contribution >= 0.6 is 0 Å². The van der Waals surface area contributed by atoms with Crippen LogP contribution in [-0.2, 0) is 6.54 Å². The second-order valence-corrected chi connectivity index (χ2v) is 5.77. The molecule has 6 nitrogen and oxygen atoms in total. The van der Waals surface area contributed by atoms with Crippen molar-refractivity contribution in [1.82, 2.24) is 21.2 Å². The largest absolute Gasteiger partial charge is 0.761 e. The van der Waals surface area contributed by atoms with Gasteiger partial charge in [0, 0.05) is 37.6 Å². The number of allylic oxidation sites excluding steroid dienone is 2. The molecule has 0 amide bonds. The van der Waals surface area contributed by atoms with Crippen molar-refractivity contribution in [3.63, 3.8) is 0 Å². The van der Waals surface area contributed by atoms with Crippen molar-refractivity contribution in [3.05, 3.63) is 82.6 Å². The molecule has 6 heteroatoms. The van der Waals surface area contributed by atoms with E-state index < -0.39 is 0 Å². The van der Waals surface area contributed by atoms with Gasteiger partial charge in [-0.3, -0.25) is 4.90 Å². The quantitative estimate of drug-likeness (QED) is 0.502. The molecule has 1 saturated heterocycles. The first-order valence-electron chi connectivity index (χ1n) is 8.08. The number of rotatable bonds is 8. The van der Waals surface area contributed by atoms with Gasteiger partial charge in [0.2, 0.25) is 0 Å². The number of benzene rings is 1. The first-order chi connectivity index (χ1) is 11.8. The summed E-state index contributed by atoms with van der Waals surface area (Å²) < 4.78 is 0. The molecule has 3 N–H and O–H groups in total. The molecule has 2 rings (SSSR count). The fourth-order valence-electron chi connectivity index (χ4n) is 2.85. The summed E-state index contributed by atoms with van der Waals surface area (Å²) in [6, 6.07) is 10.6. The van der Waals surface area contributed by atoms with Gasteiger partial charge in [-0.05, 0) is 24.5 Å². The van der Waals surface area contributed by atoms with E-state index in [1.54, 1.807) is 5.48 Å². The first-order valence-corrected chi connectivity index (χ1v) is 8.08. The van der Waals surface area contributed by atoms with Crippen molar-refractivity contribution in [2.75, 3.05) is 13.1 Å². The fraction of sp³-hybridized carbons (Fsp3) is 0.333. The third-order valence-electron chi connectivity index (χ3n) is 4.08. The van der Waals surface area contributed by atoms with Crippen LogP contribution in [0.2, 0.25) is 0 Å². The van der Waals surface area contributed by atoms with Crippen molar-refractivity contribution in [1.29, 1.82) is 0 Å². The number of hydrogen-bond acceptors (Lipinski definition) is 6. The number of hydroxylamine groups is 2. The van der Waals surface area contributed by atoms with Crippen molar-refractivity contribution in [3.8, 4) is 0 Å². The Kier molecular flexibility index (Phi) is 7.35. The fourth-order valence-corrected chi connectivity index (χ4v) is 2.85. The standard InChI is InChI=1S/C18H24N4O2/c1-2-6-17(21-24)18(13-19-23)20-16-9-11-22(12-10-16)14-15-7-4-3-5-8-15/h2-8,13,16,19-21H,1,9-12,14H2/q-2/b17-6+,18-13+. The van der Waals surface area contributed by atoms with Crippen LogP contribution in [0, 0.1) is 10.4 Å². The smallest absolute Gasteiger partial charge is 0.0721 e. The van der Waals surface area contributed by atoms with Gasteiger partial charge in [0.15, 0.2) is 0 Å². The Bertz CT molecular complexity index is 564. The van der Waals surface area contributed by atoms with E-state index in [0.717, 1.165) is 32.5 Å². The maximum Gasteiger partial charge on any atom is 0.0721 e. The number of piperidine rings is 1. The molecule has 1 aromatic carbocycles. The van der Waals surface area contributed by atoms with Crippen LogP contribution in [0.3, 0.4) is 0 Å².